The van der Waals surface area contributed by atoms with E-state index in [1.165, 1.54) is 11.8 Å². The van der Waals surface area contributed by atoms with Crippen molar-refractivity contribution >= 4 is 23.0 Å². The Morgan fingerprint density at radius 3 is 2.68 bits per heavy atom. The van der Waals surface area contributed by atoms with Gasteiger partial charge in [0.15, 0.2) is 5.79 Å². The van der Waals surface area contributed by atoms with E-state index in [2.05, 4.69) is 12.2 Å². The highest BCUT2D eigenvalue weighted by molar-refractivity contribution is 8.13. The van der Waals surface area contributed by atoms with Crippen LogP contribution in [0.5, 0.6) is 5.75 Å². The molecule has 0 aromatic heterocycles. The van der Waals surface area contributed by atoms with Crippen molar-refractivity contribution in [3.63, 3.8) is 0 Å². The zero-order valence-corrected chi connectivity index (χ0v) is 23.0. The molecule has 7 nitrogen and oxygen atoms in total. The lowest BCUT2D eigenvalue weighted by molar-refractivity contribution is -0.305. The Bertz CT molecular complexity index is 993. The molecule has 2 fully saturated rings. The molecule has 0 unspecified atom stereocenters. The quantitative estimate of drug-likeness (QED) is 0.329. The summed E-state index contributed by atoms with van der Waals surface area (Å²) in [5.74, 6) is -0.0134. The number of hydrogen-bond acceptors (Lipinski definition) is 7. The lowest BCUT2D eigenvalue weighted by atomic mass is 9.90. The molecule has 37 heavy (non-hydrogen) atoms. The van der Waals surface area contributed by atoms with E-state index in [1.54, 1.807) is 13.2 Å². The van der Waals surface area contributed by atoms with E-state index >= 15 is 0 Å². The number of allylic oxidation sites excluding steroid dienone is 3. The van der Waals surface area contributed by atoms with Crippen molar-refractivity contribution in [3.05, 3.63) is 53.6 Å². The van der Waals surface area contributed by atoms with E-state index in [4.69, 9.17) is 18.9 Å². The molecular weight excluding hydrogens is 490 g/mol. The predicted octanol–water partition coefficient (Wildman–Crippen LogP) is 6.02. The third kappa shape index (κ3) is 7.18. The number of carbonyl (C=O) groups is 2. The molecule has 4 atom stereocenters. The number of ether oxygens (including phenoxy) is 4. The third-order valence-electron chi connectivity index (χ3n) is 7.24. The monoisotopic (exact) mass is 529 g/mol. The summed E-state index contributed by atoms with van der Waals surface area (Å²) in [5, 5.41) is 0.000384. The molecule has 8 heteroatoms. The molecule has 0 radical (unpaired) electrons. The van der Waals surface area contributed by atoms with Gasteiger partial charge < -0.3 is 23.8 Å². The molecule has 1 amide bonds. The highest BCUT2D eigenvalue weighted by Gasteiger charge is 2.54. The number of amides is 1. The Morgan fingerprint density at radius 2 is 1.92 bits per heavy atom. The van der Waals surface area contributed by atoms with Gasteiger partial charge in [0.25, 0.3) is 5.24 Å². The van der Waals surface area contributed by atoms with Crippen LogP contribution in [0, 0.1) is 0 Å². The van der Waals surface area contributed by atoms with Gasteiger partial charge in [0.1, 0.15) is 11.9 Å². The van der Waals surface area contributed by atoms with Crippen molar-refractivity contribution in [2.75, 3.05) is 19.5 Å². The zero-order chi connectivity index (χ0) is 26.3. The van der Waals surface area contributed by atoms with Crippen LogP contribution in [0.1, 0.15) is 64.4 Å². The fraction of sp³-hybridized carbons (Fsp3) is 0.586. The average Bonchev–Trinajstić information content (AvgIpc) is 3.24. The smallest absolute Gasteiger partial charge is 0.330 e. The largest absolute Gasteiger partial charge is 0.494 e. The maximum absolute atomic E-state index is 13.0. The predicted molar refractivity (Wildman–Crippen MR) is 145 cm³/mol. The molecule has 1 aromatic rings. The first kappa shape index (κ1) is 27.7. The lowest BCUT2D eigenvalue weighted by Gasteiger charge is -2.48. The number of hydrogen-bond donors (Lipinski definition) is 0. The second-order valence-electron chi connectivity index (χ2n) is 9.98. The second-order valence-corrected chi connectivity index (χ2v) is 11.0. The summed E-state index contributed by atoms with van der Waals surface area (Å²) >= 11 is 1.28. The maximum atomic E-state index is 13.0. The Hall–Kier alpha value is -2.29. The first-order chi connectivity index (χ1) is 17.9. The SMILES string of the molecule is CCOc1ccc(CN2C(=O)SC[C@H]2[C@@]2(OC)C[C@H]3C[C@@H](CCC/C=C\CC/C(C)=C\C(=O)O3)O2)cc1. The van der Waals surface area contributed by atoms with Gasteiger partial charge in [-0.15, -0.1) is 0 Å². The van der Waals surface area contributed by atoms with Crippen LogP contribution < -0.4 is 4.74 Å². The minimum Gasteiger partial charge on any atom is -0.494 e. The minimum atomic E-state index is -1.05. The molecule has 2 bridgehead atoms. The van der Waals surface area contributed by atoms with Gasteiger partial charge in [-0.1, -0.05) is 41.6 Å². The molecule has 0 spiro atoms. The number of esters is 1. The molecule has 0 aliphatic carbocycles. The van der Waals surface area contributed by atoms with E-state index in [0.29, 0.717) is 31.7 Å². The normalized spacial score (nSPS) is 31.7. The summed E-state index contributed by atoms with van der Waals surface area (Å²) in [7, 11) is 1.63. The van der Waals surface area contributed by atoms with Gasteiger partial charge in [0.2, 0.25) is 0 Å². The molecule has 0 N–H and O–H groups in total. The minimum absolute atomic E-state index is 0.000384. The van der Waals surface area contributed by atoms with E-state index < -0.39 is 5.79 Å². The van der Waals surface area contributed by atoms with Crippen molar-refractivity contribution < 1.29 is 28.5 Å². The Labute approximate surface area is 224 Å². The number of benzene rings is 1. The number of nitrogens with zero attached hydrogens (tertiary/aromatic N) is 1. The number of rotatable bonds is 6. The van der Waals surface area contributed by atoms with Crippen LogP contribution in [-0.2, 0) is 25.5 Å². The summed E-state index contributed by atoms with van der Waals surface area (Å²) in [5.41, 5.74) is 2.01. The first-order valence-corrected chi connectivity index (χ1v) is 14.3. The van der Waals surface area contributed by atoms with Crippen LogP contribution in [0.25, 0.3) is 0 Å². The third-order valence-corrected chi connectivity index (χ3v) is 8.20. The fourth-order valence-corrected chi connectivity index (χ4v) is 6.44. The van der Waals surface area contributed by atoms with Crippen LogP contribution >= 0.6 is 11.8 Å². The van der Waals surface area contributed by atoms with Crippen molar-refractivity contribution in [2.24, 2.45) is 0 Å². The molecule has 202 valence electrons. The number of methoxy groups -OCH3 is 1. The Morgan fingerprint density at radius 1 is 1.14 bits per heavy atom. The first-order valence-electron chi connectivity index (χ1n) is 13.3. The second kappa shape index (κ2) is 13.0. The molecular formula is C29H39NO6S. The molecule has 4 rings (SSSR count). The lowest BCUT2D eigenvalue weighted by Crippen LogP contribution is -2.60. The van der Waals surface area contributed by atoms with E-state index in [9.17, 15) is 9.59 Å². The standard InChI is InChI=1S/C29H39NO6S/c1-4-34-23-14-12-22(13-15-23)19-30-26(20-37-28(30)32)29(33-3)18-25-17-24(36-29)11-9-7-5-6-8-10-21(2)16-27(31)35-25/h5-6,12-16,24-26H,4,7-11,17-20H2,1-3H3/b6-5-,21-16-/t24-,25-,26+,29-/m1/s1. The van der Waals surface area contributed by atoms with Crippen LogP contribution in [0.4, 0.5) is 4.79 Å². The summed E-state index contributed by atoms with van der Waals surface area (Å²) in [4.78, 5) is 27.6. The zero-order valence-electron chi connectivity index (χ0n) is 22.1. The molecule has 3 aliphatic heterocycles. The van der Waals surface area contributed by atoms with Crippen molar-refractivity contribution in [1.82, 2.24) is 4.90 Å². The number of thioether (sulfide) groups is 1. The van der Waals surface area contributed by atoms with E-state index in [0.717, 1.165) is 49.0 Å². The van der Waals surface area contributed by atoms with Gasteiger partial charge in [-0.2, -0.15) is 0 Å². The van der Waals surface area contributed by atoms with Gasteiger partial charge in [0, 0.05) is 38.3 Å². The highest BCUT2D eigenvalue weighted by atomic mass is 32.2. The Balaban J connectivity index is 1.56. The van der Waals surface area contributed by atoms with Gasteiger partial charge in [0.05, 0.1) is 18.8 Å². The average molecular weight is 530 g/mol. The van der Waals surface area contributed by atoms with Crippen LogP contribution in [0.15, 0.2) is 48.1 Å². The van der Waals surface area contributed by atoms with E-state index in [-0.39, 0.29) is 29.5 Å². The number of fused-ring (bicyclic) bond motifs is 2. The molecule has 3 aliphatic rings. The van der Waals surface area contributed by atoms with Crippen molar-refractivity contribution in [3.8, 4) is 5.75 Å². The van der Waals surface area contributed by atoms with Gasteiger partial charge >= 0.3 is 5.97 Å². The fourth-order valence-electron chi connectivity index (χ4n) is 5.35. The van der Waals surface area contributed by atoms with Gasteiger partial charge in [-0.3, -0.25) is 4.79 Å². The Kier molecular flexibility index (Phi) is 9.73. The maximum Gasteiger partial charge on any atom is 0.330 e. The van der Waals surface area contributed by atoms with Gasteiger partial charge in [-0.05, 0) is 63.6 Å². The summed E-state index contributed by atoms with van der Waals surface area (Å²) < 4.78 is 24.3. The van der Waals surface area contributed by atoms with Crippen LogP contribution in [0.2, 0.25) is 0 Å². The van der Waals surface area contributed by atoms with Crippen molar-refractivity contribution in [2.45, 2.75) is 89.4 Å². The van der Waals surface area contributed by atoms with Crippen LogP contribution in [-0.4, -0.2) is 59.6 Å². The molecule has 2 saturated heterocycles. The van der Waals surface area contributed by atoms with E-state index in [1.807, 2.05) is 43.0 Å². The molecule has 0 saturated carbocycles. The molecule has 1 aromatic carbocycles. The topological polar surface area (TPSA) is 74.3 Å². The van der Waals surface area contributed by atoms with Crippen molar-refractivity contribution in [1.29, 1.82) is 0 Å². The summed E-state index contributed by atoms with van der Waals surface area (Å²) in [6, 6.07) is 7.52. The van der Waals surface area contributed by atoms with Gasteiger partial charge in [-0.25, -0.2) is 4.79 Å². The van der Waals surface area contributed by atoms with Crippen LogP contribution in [0.3, 0.4) is 0 Å². The summed E-state index contributed by atoms with van der Waals surface area (Å²) in [6.07, 6.45) is 11.1. The molecule has 3 heterocycles. The number of carbonyl (C=O) groups excluding carboxylic acids is 2. The summed E-state index contributed by atoms with van der Waals surface area (Å²) in [6.45, 7) is 4.97. The highest BCUT2D eigenvalue weighted by Crippen LogP contribution is 2.43.